The minimum absolute atomic E-state index is 0.182. The van der Waals surface area contributed by atoms with Gasteiger partial charge in [0.1, 0.15) is 0 Å². The van der Waals surface area contributed by atoms with Crippen molar-refractivity contribution in [3.05, 3.63) is 77.7 Å². The fourth-order valence-electron chi connectivity index (χ4n) is 2.88. The predicted molar refractivity (Wildman–Crippen MR) is 104 cm³/mol. The van der Waals surface area contributed by atoms with Crippen molar-refractivity contribution in [3.8, 4) is 11.1 Å². The molecule has 0 atom stereocenters. The maximum absolute atomic E-state index is 12.4. The van der Waals surface area contributed by atoms with Crippen LogP contribution in [0.1, 0.15) is 22.0 Å². The fraction of sp³-hybridized carbons (Fsp3) is 0.143. The van der Waals surface area contributed by atoms with E-state index in [1.165, 1.54) is 4.70 Å². The lowest BCUT2D eigenvalue weighted by Crippen LogP contribution is -2.24. The van der Waals surface area contributed by atoms with Crippen LogP contribution >= 0.6 is 11.3 Å². The van der Waals surface area contributed by atoms with E-state index in [4.69, 9.17) is 4.42 Å². The number of rotatable bonds is 6. The Labute approximate surface area is 155 Å². The molecule has 0 aliphatic rings. The summed E-state index contributed by atoms with van der Waals surface area (Å²) in [5.74, 6) is 0.175. The number of nitrogens with one attached hydrogen (secondary N) is 1. The number of furan rings is 1. The molecule has 5 heteroatoms. The molecule has 4 rings (SSSR count). The minimum Gasteiger partial charge on any atom is -0.459 e. The van der Waals surface area contributed by atoms with Gasteiger partial charge in [-0.15, -0.1) is 11.3 Å². The van der Waals surface area contributed by atoms with Gasteiger partial charge in [-0.05, 0) is 30.2 Å². The van der Waals surface area contributed by atoms with E-state index in [-0.39, 0.29) is 5.91 Å². The van der Waals surface area contributed by atoms with Crippen LogP contribution in [0.25, 0.3) is 21.3 Å². The first-order valence-electron chi connectivity index (χ1n) is 8.57. The van der Waals surface area contributed by atoms with Crippen LogP contribution in [-0.2, 0) is 6.42 Å². The molecule has 0 saturated heterocycles. The number of amides is 1. The van der Waals surface area contributed by atoms with Crippen molar-refractivity contribution in [1.82, 2.24) is 10.3 Å². The summed E-state index contributed by atoms with van der Waals surface area (Å²) in [6.07, 6.45) is 3.24. The second-order valence-electron chi connectivity index (χ2n) is 5.96. The summed E-state index contributed by atoms with van der Waals surface area (Å²) in [6.45, 7) is 0.587. The van der Waals surface area contributed by atoms with Gasteiger partial charge < -0.3 is 9.73 Å². The molecule has 1 N–H and O–H groups in total. The highest BCUT2D eigenvalue weighted by Crippen LogP contribution is 2.25. The molecule has 4 nitrogen and oxygen atoms in total. The summed E-state index contributed by atoms with van der Waals surface area (Å²) in [7, 11) is 0. The first-order valence-corrected chi connectivity index (χ1v) is 9.38. The largest absolute Gasteiger partial charge is 0.459 e. The Balaban J connectivity index is 1.34. The Morgan fingerprint density at radius 1 is 1.04 bits per heavy atom. The number of aromatic nitrogens is 1. The molecule has 0 aliphatic heterocycles. The Hall–Kier alpha value is -2.92. The lowest BCUT2D eigenvalue weighted by molar-refractivity contribution is 0.0926. The molecule has 0 aliphatic carbocycles. The molecule has 0 bridgehead atoms. The second kappa shape index (κ2) is 7.54. The van der Waals surface area contributed by atoms with Crippen LogP contribution in [0.3, 0.4) is 0 Å². The molecule has 2 aromatic heterocycles. The first-order chi connectivity index (χ1) is 12.8. The molecule has 1 amide bonds. The van der Waals surface area contributed by atoms with Crippen LogP contribution in [0.5, 0.6) is 0 Å². The predicted octanol–water partition coefficient (Wildman–Crippen LogP) is 4.92. The summed E-state index contributed by atoms with van der Waals surface area (Å²) in [6, 6.07) is 19.7. The van der Waals surface area contributed by atoms with Gasteiger partial charge in [-0.1, -0.05) is 42.5 Å². The SMILES string of the molecule is O=C(NCCCc1nc2ccccc2s1)c1occc1-c1ccccc1. The van der Waals surface area contributed by atoms with Gasteiger partial charge in [-0.3, -0.25) is 4.79 Å². The van der Waals surface area contributed by atoms with Crippen LogP contribution in [-0.4, -0.2) is 17.4 Å². The average Bonchev–Trinajstić information content (AvgIpc) is 3.32. The number of fused-ring (bicyclic) bond motifs is 1. The number of carbonyl (C=O) groups excluding carboxylic acids is 1. The molecule has 0 unspecified atom stereocenters. The Bertz CT molecular complexity index is 988. The topological polar surface area (TPSA) is 55.1 Å². The highest BCUT2D eigenvalue weighted by atomic mass is 32.1. The summed E-state index contributed by atoms with van der Waals surface area (Å²) >= 11 is 1.71. The van der Waals surface area contributed by atoms with Gasteiger partial charge >= 0.3 is 0 Å². The molecule has 0 spiro atoms. The third-order valence-electron chi connectivity index (χ3n) is 4.15. The van der Waals surface area contributed by atoms with Crippen LogP contribution in [0.2, 0.25) is 0 Å². The van der Waals surface area contributed by atoms with E-state index in [1.54, 1.807) is 17.6 Å². The minimum atomic E-state index is -0.182. The second-order valence-corrected chi connectivity index (χ2v) is 7.08. The summed E-state index contributed by atoms with van der Waals surface area (Å²) in [5, 5.41) is 4.04. The summed E-state index contributed by atoms with van der Waals surface area (Å²) < 4.78 is 6.62. The van der Waals surface area contributed by atoms with E-state index in [9.17, 15) is 4.79 Å². The summed E-state index contributed by atoms with van der Waals surface area (Å²) in [4.78, 5) is 17.1. The molecule has 0 fully saturated rings. The number of para-hydroxylation sites is 1. The highest BCUT2D eigenvalue weighted by Gasteiger charge is 2.16. The van der Waals surface area contributed by atoms with Crippen LogP contribution in [0.15, 0.2) is 71.3 Å². The van der Waals surface area contributed by atoms with Crippen molar-refractivity contribution < 1.29 is 9.21 Å². The van der Waals surface area contributed by atoms with Crippen molar-refractivity contribution in [2.75, 3.05) is 6.54 Å². The molecule has 26 heavy (non-hydrogen) atoms. The quantitative estimate of drug-likeness (QED) is 0.495. The molecule has 2 aromatic carbocycles. The molecule has 2 heterocycles. The lowest BCUT2D eigenvalue weighted by Gasteiger charge is -2.05. The van der Waals surface area contributed by atoms with E-state index in [0.717, 1.165) is 34.5 Å². The molecule has 0 radical (unpaired) electrons. The zero-order valence-corrected chi connectivity index (χ0v) is 15.0. The number of thiazole rings is 1. The number of nitrogens with zero attached hydrogens (tertiary/aromatic N) is 1. The molecule has 130 valence electrons. The average molecular weight is 362 g/mol. The van der Waals surface area contributed by atoms with Crippen molar-refractivity contribution in [3.63, 3.8) is 0 Å². The lowest BCUT2D eigenvalue weighted by atomic mass is 10.1. The zero-order chi connectivity index (χ0) is 17.8. The van der Waals surface area contributed by atoms with Gasteiger partial charge in [-0.25, -0.2) is 4.98 Å². The van der Waals surface area contributed by atoms with Crippen molar-refractivity contribution in [2.45, 2.75) is 12.8 Å². The van der Waals surface area contributed by atoms with Crippen molar-refractivity contribution >= 4 is 27.5 Å². The number of hydrogen-bond acceptors (Lipinski definition) is 4. The van der Waals surface area contributed by atoms with Crippen molar-refractivity contribution in [2.24, 2.45) is 0 Å². The molecular weight excluding hydrogens is 344 g/mol. The third-order valence-corrected chi connectivity index (χ3v) is 5.24. The number of aryl methyl sites for hydroxylation is 1. The highest BCUT2D eigenvalue weighted by molar-refractivity contribution is 7.18. The van der Waals surface area contributed by atoms with Crippen LogP contribution in [0.4, 0.5) is 0 Å². The number of hydrogen-bond donors (Lipinski definition) is 1. The normalized spacial score (nSPS) is 10.9. The van der Waals surface area contributed by atoms with Gasteiger partial charge in [0.15, 0.2) is 5.76 Å². The monoisotopic (exact) mass is 362 g/mol. The number of carbonyl (C=O) groups is 1. The van der Waals surface area contributed by atoms with Gasteiger partial charge in [0.2, 0.25) is 0 Å². The van der Waals surface area contributed by atoms with E-state index >= 15 is 0 Å². The maximum Gasteiger partial charge on any atom is 0.287 e. The van der Waals surface area contributed by atoms with Gasteiger partial charge in [0.25, 0.3) is 5.91 Å². The van der Waals surface area contributed by atoms with Gasteiger partial charge in [-0.2, -0.15) is 0 Å². The van der Waals surface area contributed by atoms with E-state index < -0.39 is 0 Å². The smallest absolute Gasteiger partial charge is 0.287 e. The molecule has 4 aromatic rings. The van der Waals surface area contributed by atoms with Crippen LogP contribution in [0, 0.1) is 0 Å². The zero-order valence-electron chi connectivity index (χ0n) is 14.1. The van der Waals surface area contributed by atoms with Crippen LogP contribution < -0.4 is 5.32 Å². The van der Waals surface area contributed by atoms with E-state index in [1.807, 2.05) is 54.6 Å². The molecule has 0 saturated carbocycles. The molecular formula is C21H18N2O2S. The standard InChI is InChI=1S/C21H18N2O2S/c24-21(20-16(12-14-25-20)15-7-2-1-3-8-15)22-13-6-11-19-23-17-9-4-5-10-18(17)26-19/h1-5,7-10,12,14H,6,11,13H2,(H,22,24). The van der Waals surface area contributed by atoms with Gasteiger partial charge in [0.05, 0.1) is 21.5 Å². The Morgan fingerprint density at radius 2 is 1.85 bits per heavy atom. The van der Waals surface area contributed by atoms with Crippen molar-refractivity contribution in [1.29, 1.82) is 0 Å². The van der Waals surface area contributed by atoms with Gasteiger partial charge in [0, 0.05) is 18.5 Å². The summed E-state index contributed by atoms with van der Waals surface area (Å²) in [5.41, 5.74) is 2.83. The van der Waals surface area contributed by atoms with E-state index in [0.29, 0.717) is 12.3 Å². The Morgan fingerprint density at radius 3 is 2.69 bits per heavy atom. The fourth-order valence-corrected chi connectivity index (χ4v) is 3.89. The third kappa shape index (κ3) is 3.53. The Kier molecular flexibility index (Phi) is 4.80. The first kappa shape index (κ1) is 16.5. The van der Waals surface area contributed by atoms with E-state index in [2.05, 4.69) is 16.4 Å². The number of benzene rings is 2. The maximum atomic E-state index is 12.4.